The molecule has 0 bridgehead atoms. The van der Waals surface area contributed by atoms with Crippen LogP contribution in [0.5, 0.6) is 5.75 Å². The molecule has 1 amide bonds. The molecule has 0 saturated heterocycles. The lowest BCUT2D eigenvalue weighted by molar-refractivity contribution is 0.0950. The van der Waals surface area contributed by atoms with Crippen molar-refractivity contribution >= 4 is 38.8 Å². The largest absolute Gasteiger partial charge is 0.496 e. The first-order chi connectivity index (χ1) is 15.1. The van der Waals surface area contributed by atoms with E-state index in [2.05, 4.69) is 67.0 Å². The monoisotopic (exact) mass is 474 g/mol. The minimum absolute atomic E-state index is 0.353. The zero-order valence-electron chi connectivity index (χ0n) is 16.8. The van der Waals surface area contributed by atoms with Crippen LogP contribution in [0.4, 0.5) is 0 Å². The van der Waals surface area contributed by atoms with E-state index in [9.17, 15) is 4.79 Å². The van der Waals surface area contributed by atoms with Crippen LogP contribution in [0, 0.1) is 0 Å². The van der Waals surface area contributed by atoms with Crippen molar-refractivity contribution in [3.05, 3.63) is 81.5 Å². The zero-order valence-corrected chi connectivity index (χ0v) is 18.4. The van der Waals surface area contributed by atoms with Gasteiger partial charge in [0.25, 0.3) is 5.91 Å². The van der Waals surface area contributed by atoms with Gasteiger partial charge in [0.2, 0.25) is 0 Å². The first kappa shape index (κ1) is 19.5. The molecule has 3 aromatic carbocycles. The number of benzene rings is 3. The minimum Gasteiger partial charge on any atom is -0.496 e. The highest BCUT2D eigenvalue weighted by Crippen LogP contribution is 2.36. The number of methoxy groups -OCH3 is 1. The van der Waals surface area contributed by atoms with Crippen molar-refractivity contribution in [3.8, 4) is 17.0 Å². The van der Waals surface area contributed by atoms with E-state index >= 15 is 0 Å². The summed E-state index contributed by atoms with van der Waals surface area (Å²) in [6.07, 6.45) is 3.73. The Hall–Kier alpha value is -3.45. The molecule has 1 aliphatic carbocycles. The number of aromatic nitrogens is 2. The number of aromatic amines is 1. The fourth-order valence-electron chi connectivity index (χ4n) is 4.03. The van der Waals surface area contributed by atoms with E-state index in [-0.39, 0.29) is 5.91 Å². The van der Waals surface area contributed by atoms with E-state index < -0.39 is 0 Å². The average molecular weight is 475 g/mol. The molecule has 2 N–H and O–H groups in total. The number of amides is 1. The third kappa shape index (κ3) is 3.61. The highest BCUT2D eigenvalue weighted by atomic mass is 79.9. The molecular weight excluding hydrogens is 456 g/mol. The van der Waals surface area contributed by atoms with Crippen molar-refractivity contribution in [1.82, 2.24) is 15.6 Å². The van der Waals surface area contributed by atoms with Crippen LogP contribution in [0.3, 0.4) is 0 Å². The molecule has 6 nitrogen and oxygen atoms in total. The number of hydrazone groups is 1. The minimum atomic E-state index is -0.353. The summed E-state index contributed by atoms with van der Waals surface area (Å²) in [6, 6.07) is 17.9. The van der Waals surface area contributed by atoms with E-state index in [0.29, 0.717) is 5.69 Å². The summed E-state index contributed by atoms with van der Waals surface area (Å²) >= 11 is 3.43. The molecule has 1 aliphatic rings. The van der Waals surface area contributed by atoms with E-state index in [1.54, 1.807) is 19.4 Å². The topological polar surface area (TPSA) is 79.4 Å². The second-order valence-electron chi connectivity index (χ2n) is 7.37. The number of carbonyl (C=O) groups excluding carboxylic acids is 1. The molecule has 154 valence electrons. The molecule has 0 atom stereocenters. The second kappa shape index (κ2) is 8.00. The number of hydrogen-bond donors (Lipinski definition) is 2. The van der Waals surface area contributed by atoms with Crippen molar-refractivity contribution in [2.45, 2.75) is 12.8 Å². The van der Waals surface area contributed by atoms with Crippen LogP contribution in [-0.4, -0.2) is 29.4 Å². The standard InChI is InChI=1S/C24H19BrN4O2/c1-31-22-10-5-14(11-19(22)25)13-26-29-24(30)21-12-20(27-28-21)17-9-8-16-7-6-15-3-2-4-18(17)23(15)16/h2-5,8-13H,6-7H2,1H3,(H,27,28)(H,29,30)/b26-13-. The van der Waals surface area contributed by atoms with Gasteiger partial charge in [0, 0.05) is 5.56 Å². The second-order valence-corrected chi connectivity index (χ2v) is 8.23. The Labute approximate surface area is 187 Å². The van der Waals surface area contributed by atoms with E-state index in [1.165, 1.54) is 21.9 Å². The number of hydrogen-bond acceptors (Lipinski definition) is 4. The molecule has 5 rings (SSSR count). The SMILES string of the molecule is COc1ccc(/C=N\NC(=O)c2cc(-c3ccc4c5c(cccc35)CC4)n[nH]2)cc1Br. The van der Waals surface area contributed by atoms with Crippen molar-refractivity contribution < 1.29 is 9.53 Å². The predicted molar refractivity (Wildman–Crippen MR) is 125 cm³/mol. The molecule has 4 aromatic rings. The van der Waals surface area contributed by atoms with Gasteiger partial charge in [-0.25, -0.2) is 5.43 Å². The Balaban J connectivity index is 1.35. The van der Waals surface area contributed by atoms with Gasteiger partial charge >= 0.3 is 0 Å². The Bertz CT molecular complexity index is 1330. The maximum absolute atomic E-state index is 12.5. The number of carbonyl (C=O) groups is 1. The highest BCUT2D eigenvalue weighted by molar-refractivity contribution is 9.10. The van der Waals surface area contributed by atoms with Gasteiger partial charge in [-0.2, -0.15) is 10.2 Å². The number of rotatable bonds is 5. The predicted octanol–water partition coefficient (Wildman–Crippen LogP) is 4.86. The fourth-order valence-corrected chi connectivity index (χ4v) is 4.59. The van der Waals surface area contributed by atoms with Crippen LogP contribution in [0.25, 0.3) is 22.0 Å². The van der Waals surface area contributed by atoms with E-state index in [0.717, 1.165) is 39.9 Å². The summed E-state index contributed by atoms with van der Waals surface area (Å²) in [5.41, 5.74) is 8.23. The lowest BCUT2D eigenvalue weighted by Crippen LogP contribution is -2.18. The average Bonchev–Trinajstić information content (AvgIpc) is 3.43. The quantitative estimate of drug-likeness (QED) is 0.320. The summed E-state index contributed by atoms with van der Waals surface area (Å²) in [5.74, 6) is 0.378. The molecule has 0 aliphatic heterocycles. The Morgan fingerprint density at radius 1 is 1.16 bits per heavy atom. The summed E-state index contributed by atoms with van der Waals surface area (Å²) in [5, 5.41) is 13.7. The Morgan fingerprint density at radius 2 is 2.00 bits per heavy atom. The zero-order chi connectivity index (χ0) is 21.4. The summed E-state index contributed by atoms with van der Waals surface area (Å²) < 4.78 is 6.02. The Morgan fingerprint density at radius 3 is 2.81 bits per heavy atom. The third-order valence-corrected chi connectivity index (χ3v) is 6.15. The van der Waals surface area contributed by atoms with Crippen LogP contribution in [0.15, 0.2) is 64.2 Å². The molecule has 1 heterocycles. The number of H-pyrrole nitrogens is 1. The van der Waals surface area contributed by atoms with Crippen LogP contribution in [0.1, 0.15) is 27.2 Å². The number of halogens is 1. The third-order valence-electron chi connectivity index (χ3n) is 5.53. The van der Waals surface area contributed by atoms with Gasteiger partial charge < -0.3 is 4.74 Å². The van der Waals surface area contributed by atoms with Crippen LogP contribution >= 0.6 is 15.9 Å². The van der Waals surface area contributed by atoms with Gasteiger partial charge in [-0.15, -0.1) is 0 Å². The van der Waals surface area contributed by atoms with Crippen LogP contribution in [0.2, 0.25) is 0 Å². The van der Waals surface area contributed by atoms with Gasteiger partial charge in [-0.3, -0.25) is 9.89 Å². The van der Waals surface area contributed by atoms with Gasteiger partial charge in [0.1, 0.15) is 11.4 Å². The number of ether oxygens (including phenoxy) is 1. The first-order valence-electron chi connectivity index (χ1n) is 9.90. The maximum atomic E-state index is 12.5. The van der Waals surface area contributed by atoms with E-state index in [4.69, 9.17) is 4.74 Å². The molecule has 0 saturated carbocycles. The smallest absolute Gasteiger partial charge is 0.289 e. The number of nitrogens with one attached hydrogen (secondary N) is 2. The summed E-state index contributed by atoms with van der Waals surface area (Å²) in [7, 11) is 1.61. The molecule has 0 spiro atoms. The highest BCUT2D eigenvalue weighted by Gasteiger charge is 2.18. The van der Waals surface area contributed by atoms with Gasteiger partial charge in [-0.1, -0.05) is 30.3 Å². The molecule has 7 heteroatoms. The van der Waals surface area contributed by atoms with E-state index in [1.807, 2.05) is 18.2 Å². The lowest BCUT2D eigenvalue weighted by atomic mass is 9.98. The number of aryl methyl sites for hydroxylation is 2. The Kier molecular flexibility index (Phi) is 5.03. The first-order valence-corrected chi connectivity index (χ1v) is 10.7. The van der Waals surface area contributed by atoms with Crippen molar-refractivity contribution in [1.29, 1.82) is 0 Å². The van der Waals surface area contributed by atoms with Crippen molar-refractivity contribution in [2.75, 3.05) is 7.11 Å². The van der Waals surface area contributed by atoms with Crippen molar-refractivity contribution in [2.24, 2.45) is 5.10 Å². The van der Waals surface area contributed by atoms with Crippen LogP contribution < -0.4 is 10.2 Å². The number of nitrogens with zero attached hydrogens (tertiary/aromatic N) is 2. The van der Waals surface area contributed by atoms with Crippen LogP contribution in [-0.2, 0) is 12.8 Å². The van der Waals surface area contributed by atoms with Crippen molar-refractivity contribution in [3.63, 3.8) is 0 Å². The van der Waals surface area contributed by atoms with Gasteiger partial charge in [0.15, 0.2) is 0 Å². The molecule has 0 fully saturated rings. The van der Waals surface area contributed by atoms with Gasteiger partial charge in [0.05, 0.1) is 23.5 Å². The van der Waals surface area contributed by atoms with Gasteiger partial charge in [-0.05, 0) is 80.5 Å². The molecule has 1 aromatic heterocycles. The lowest BCUT2D eigenvalue weighted by Gasteiger charge is -2.06. The maximum Gasteiger partial charge on any atom is 0.289 e. The molecule has 0 unspecified atom stereocenters. The summed E-state index contributed by atoms with van der Waals surface area (Å²) in [6.45, 7) is 0. The normalized spacial score (nSPS) is 12.6. The molecular formula is C24H19BrN4O2. The molecule has 31 heavy (non-hydrogen) atoms. The summed E-state index contributed by atoms with van der Waals surface area (Å²) in [4.78, 5) is 12.5. The fraction of sp³-hybridized carbons (Fsp3) is 0.125. The molecule has 0 radical (unpaired) electrons.